The van der Waals surface area contributed by atoms with Crippen molar-refractivity contribution in [3.63, 3.8) is 0 Å². The van der Waals surface area contributed by atoms with E-state index >= 15 is 0 Å². The van der Waals surface area contributed by atoms with E-state index in [1.165, 1.54) is 0 Å². The minimum atomic E-state index is -0.408. The molecule has 1 rings (SSSR count). The molecule has 1 N–H and O–H groups in total. The van der Waals surface area contributed by atoms with E-state index in [0.29, 0.717) is 12.1 Å². The third kappa shape index (κ3) is 4.08. The van der Waals surface area contributed by atoms with Gasteiger partial charge in [-0.25, -0.2) is 4.79 Å². The Morgan fingerprint density at radius 1 is 1.27 bits per heavy atom. The van der Waals surface area contributed by atoms with Crippen LogP contribution in [0.15, 0.2) is 0 Å². The van der Waals surface area contributed by atoms with Gasteiger partial charge in [0.05, 0.1) is 0 Å². The zero-order valence-electron chi connectivity index (χ0n) is 10.3. The monoisotopic (exact) mass is 214 g/mol. The number of rotatable bonds is 0. The zero-order chi connectivity index (χ0) is 11.6. The van der Waals surface area contributed by atoms with Crippen molar-refractivity contribution in [2.45, 2.75) is 52.3 Å². The molecule has 1 aliphatic heterocycles. The first-order valence-corrected chi connectivity index (χ1v) is 5.52. The number of hydrogen-bond acceptors (Lipinski definition) is 3. The average molecular weight is 214 g/mol. The summed E-state index contributed by atoms with van der Waals surface area (Å²) in [6.07, 6.45) is -0.206. The Balaban J connectivity index is 2.52. The number of carbonyl (C=O) groups is 1. The second kappa shape index (κ2) is 4.39. The Labute approximate surface area is 92.0 Å². The fourth-order valence-electron chi connectivity index (χ4n) is 1.80. The molecule has 0 aromatic heterocycles. The summed E-state index contributed by atoms with van der Waals surface area (Å²) in [6, 6.07) is 0.669. The molecule has 88 valence electrons. The maximum Gasteiger partial charge on any atom is 0.410 e. The first-order chi connectivity index (χ1) is 6.78. The lowest BCUT2D eigenvalue weighted by Gasteiger charge is -2.36. The number of hydrogen-bond donors (Lipinski definition) is 1. The lowest BCUT2D eigenvalue weighted by molar-refractivity contribution is 0.0167. The lowest BCUT2D eigenvalue weighted by Crippen LogP contribution is -2.56. The zero-order valence-corrected chi connectivity index (χ0v) is 10.3. The molecule has 4 nitrogen and oxygen atoms in total. The van der Waals surface area contributed by atoms with Gasteiger partial charge in [-0.15, -0.1) is 0 Å². The Bertz CT molecular complexity index is 225. The quantitative estimate of drug-likeness (QED) is 0.666. The van der Waals surface area contributed by atoms with E-state index in [1.807, 2.05) is 20.8 Å². The second-order valence-corrected chi connectivity index (χ2v) is 5.35. The molecule has 1 fully saturated rings. The third-order valence-corrected chi connectivity index (χ3v) is 2.21. The highest BCUT2D eigenvalue weighted by Crippen LogP contribution is 2.12. The van der Waals surface area contributed by atoms with Crippen molar-refractivity contribution in [2.75, 3.05) is 13.1 Å². The van der Waals surface area contributed by atoms with E-state index in [0.717, 1.165) is 13.1 Å². The van der Waals surface area contributed by atoms with Crippen molar-refractivity contribution in [2.24, 2.45) is 0 Å². The van der Waals surface area contributed by atoms with Crippen LogP contribution in [0.3, 0.4) is 0 Å². The summed E-state index contributed by atoms with van der Waals surface area (Å²) in [6.45, 7) is 11.3. The molecule has 0 saturated carbocycles. The van der Waals surface area contributed by atoms with E-state index in [4.69, 9.17) is 4.74 Å². The first kappa shape index (κ1) is 12.3. The molecule has 1 aliphatic rings. The van der Waals surface area contributed by atoms with E-state index in [1.54, 1.807) is 4.90 Å². The number of piperazine rings is 1. The highest BCUT2D eigenvalue weighted by molar-refractivity contribution is 5.68. The van der Waals surface area contributed by atoms with Crippen molar-refractivity contribution in [3.05, 3.63) is 0 Å². The van der Waals surface area contributed by atoms with E-state index in [2.05, 4.69) is 19.2 Å². The number of nitrogens with one attached hydrogen (secondary N) is 1. The maximum absolute atomic E-state index is 11.8. The fraction of sp³-hybridized carbons (Fsp3) is 0.909. The van der Waals surface area contributed by atoms with Crippen LogP contribution in [0.25, 0.3) is 0 Å². The van der Waals surface area contributed by atoms with Crippen molar-refractivity contribution in [1.29, 1.82) is 0 Å². The minimum Gasteiger partial charge on any atom is -0.444 e. The van der Waals surface area contributed by atoms with Crippen molar-refractivity contribution >= 4 is 6.09 Å². The van der Waals surface area contributed by atoms with Gasteiger partial charge in [-0.1, -0.05) is 0 Å². The molecule has 0 bridgehead atoms. The largest absolute Gasteiger partial charge is 0.444 e. The Morgan fingerprint density at radius 2 is 1.73 bits per heavy atom. The first-order valence-electron chi connectivity index (χ1n) is 5.52. The lowest BCUT2D eigenvalue weighted by atomic mass is 10.1. The Hall–Kier alpha value is -0.770. The molecular formula is C11H22N2O2. The van der Waals surface area contributed by atoms with Gasteiger partial charge < -0.3 is 15.0 Å². The van der Waals surface area contributed by atoms with Gasteiger partial charge in [0.1, 0.15) is 5.60 Å². The number of amides is 1. The molecule has 0 unspecified atom stereocenters. The van der Waals surface area contributed by atoms with E-state index in [9.17, 15) is 4.79 Å². The van der Waals surface area contributed by atoms with Crippen LogP contribution in [0.5, 0.6) is 0 Å². The van der Waals surface area contributed by atoms with Gasteiger partial charge in [0.2, 0.25) is 0 Å². The molecule has 1 saturated heterocycles. The molecule has 15 heavy (non-hydrogen) atoms. The van der Waals surface area contributed by atoms with Crippen molar-refractivity contribution < 1.29 is 9.53 Å². The summed E-state index contributed by atoms with van der Waals surface area (Å²) in [5.41, 5.74) is -0.408. The molecule has 0 radical (unpaired) electrons. The molecular weight excluding hydrogens is 192 g/mol. The maximum atomic E-state index is 11.8. The Kier molecular flexibility index (Phi) is 3.60. The van der Waals surface area contributed by atoms with Crippen molar-refractivity contribution in [3.8, 4) is 0 Å². The second-order valence-electron chi connectivity index (χ2n) is 5.35. The summed E-state index contributed by atoms with van der Waals surface area (Å²) >= 11 is 0. The molecule has 4 heteroatoms. The molecule has 1 amide bonds. The van der Waals surface area contributed by atoms with Gasteiger partial charge in [-0.3, -0.25) is 0 Å². The van der Waals surface area contributed by atoms with Crippen LogP contribution in [0.1, 0.15) is 34.6 Å². The van der Waals surface area contributed by atoms with Crippen LogP contribution < -0.4 is 5.32 Å². The highest BCUT2D eigenvalue weighted by Gasteiger charge is 2.28. The summed E-state index contributed by atoms with van der Waals surface area (Å²) in [5, 5.41) is 3.38. The summed E-state index contributed by atoms with van der Waals surface area (Å²) in [5.74, 6) is 0. The van der Waals surface area contributed by atoms with Crippen LogP contribution in [0, 0.1) is 0 Å². The SMILES string of the molecule is C[C@H]1CN(C(=O)OC(C)(C)C)C[C@H](C)N1. The molecule has 0 aliphatic carbocycles. The summed E-state index contributed by atoms with van der Waals surface area (Å²) in [7, 11) is 0. The van der Waals surface area contributed by atoms with Gasteiger partial charge in [0.25, 0.3) is 0 Å². The normalized spacial score (nSPS) is 27.7. The summed E-state index contributed by atoms with van der Waals surface area (Å²) < 4.78 is 5.33. The molecule has 0 aromatic rings. The molecule has 2 atom stereocenters. The third-order valence-electron chi connectivity index (χ3n) is 2.21. The predicted octanol–water partition coefficient (Wildman–Crippen LogP) is 1.60. The van der Waals surface area contributed by atoms with Crippen molar-refractivity contribution in [1.82, 2.24) is 10.2 Å². The van der Waals surface area contributed by atoms with Gasteiger partial charge >= 0.3 is 6.09 Å². The smallest absolute Gasteiger partial charge is 0.410 e. The van der Waals surface area contributed by atoms with Gasteiger partial charge in [-0.05, 0) is 34.6 Å². The van der Waals surface area contributed by atoms with Crippen LogP contribution in [0.2, 0.25) is 0 Å². The summed E-state index contributed by atoms with van der Waals surface area (Å²) in [4.78, 5) is 13.6. The number of ether oxygens (including phenoxy) is 1. The van der Waals surface area contributed by atoms with Crippen LogP contribution in [0.4, 0.5) is 4.79 Å². The minimum absolute atomic E-state index is 0.206. The van der Waals surface area contributed by atoms with Crippen LogP contribution in [-0.2, 0) is 4.74 Å². The van der Waals surface area contributed by atoms with Crippen LogP contribution >= 0.6 is 0 Å². The topological polar surface area (TPSA) is 41.6 Å². The average Bonchev–Trinajstić information content (AvgIpc) is 1.98. The molecule has 0 aromatic carbocycles. The molecule has 0 spiro atoms. The highest BCUT2D eigenvalue weighted by atomic mass is 16.6. The fourth-order valence-corrected chi connectivity index (χ4v) is 1.80. The molecule has 1 heterocycles. The van der Waals surface area contributed by atoms with Gasteiger partial charge in [0.15, 0.2) is 0 Å². The standard InChI is InChI=1S/C11H22N2O2/c1-8-6-13(7-9(2)12-8)10(14)15-11(3,4)5/h8-9,12H,6-7H2,1-5H3/t8-,9-/m0/s1. The van der Waals surface area contributed by atoms with E-state index in [-0.39, 0.29) is 6.09 Å². The van der Waals surface area contributed by atoms with Crippen LogP contribution in [-0.4, -0.2) is 41.8 Å². The number of carbonyl (C=O) groups excluding carboxylic acids is 1. The Morgan fingerprint density at radius 3 is 2.13 bits per heavy atom. The van der Waals surface area contributed by atoms with Gasteiger partial charge in [-0.2, -0.15) is 0 Å². The van der Waals surface area contributed by atoms with E-state index < -0.39 is 5.60 Å². The van der Waals surface area contributed by atoms with Gasteiger partial charge in [0, 0.05) is 25.2 Å². The predicted molar refractivity (Wildman–Crippen MR) is 59.9 cm³/mol. The number of nitrogens with zero attached hydrogens (tertiary/aromatic N) is 1.